The highest BCUT2D eigenvalue weighted by molar-refractivity contribution is 5.90. The predicted molar refractivity (Wildman–Crippen MR) is 105 cm³/mol. The third-order valence-corrected chi connectivity index (χ3v) is 5.32. The maximum absolute atomic E-state index is 13.3. The summed E-state index contributed by atoms with van der Waals surface area (Å²) in [7, 11) is 1.73. The van der Waals surface area contributed by atoms with Crippen molar-refractivity contribution in [2.24, 2.45) is 5.92 Å². The quantitative estimate of drug-likeness (QED) is 0.724. The summed E-state index contributed by atoms with van der Waals surface area (Å²) in [5, 5.41) is 5.83. The Kier molecular flexibility index (Phi) is 5.79. The van der Waals surface area contributed by atoms with Gasteiger partial charge in [-0.1, -0.05) is 26.0 Å². The van der Waals surface area contributed by atoms with E-state index < -0.39 is 6.04 Å². The predicted octanol–water partition coefficient (Wildman–Crippen LogP) is 1.98. The molecule has 2 aromatic rings. The van der Waals surface area contributed by atoms with E-state index in [4.69, 9.17) is 0 Å². The second-order valence-corrected chi connectivity index (χ2v) is 7.57. The van der Waals surface area contributed by atoms with Crippen LogP contribution in [0.4, 0.5) is 0 Å². The van der Waals surface area contributed by atoms with E-state index in [1.807, 2.05) is 43.0 Å². The largest absolute Gasteiger partial charge is 0.343 e. The Morgan fingerprint density at radius 2 is 2.00 bits per heavy atom. The molecule has 0 aliphatic carbocycles. The molecule has 27 heavy (non-hydrogen) atoms. The lowest BCUT2D eigenvalue weighted by Crippen LogP contribution is -2.54. The standard InChI is InChI=1S/C20H29N5O2/c1-12(2)17(24-19(26)13(3)21-4)20(27)25-11-7-10-16(25)18-22-14-8-5-6-9-15(14)23-18/h5-6,8-9,12-13,16-17,21H,7,10-11H2,1-4H3,(H,22,23)(H,24,26)/t13-,16?,17-/m0/s1. The van der Waals surface area contributed by atoms with Crippen molar-refractivity contribution in [3.05, 3.63) is 30.1 Å². The third kappa shape index (κ3) is 3.98. The number of rotatable bonds is 6. The van der Waals surface area contributed by atoms with E-state index in [1.165, 1.54) is 0 Å². The molecule has 7 heteroatoms. The molecule has 3 atom stereocenters. The monoisotopic (exact) mass is 371 g/mol. The fourth-order valence-corrected chi connectivity index (χ4v) is 3.55. The van der Waals surface area contributed by atoms with Gasteiger partial charge in [-0.25, -0.2) is 4.98 Å². The summed E-state index contributed by atoms with van der Waals surface area (Å²) in [5.74, 6) is 0.621. The van der Waals surface area contributed by atoms with Crippen molar-refractivity contribution in [3.63, 3.8) is 0 Å². The van der Waals surface area contributed by atoms with Gasteiger partial charge in [0.2, 0.25) is 11.8 Å². The lowest BCUT2D eigenvalue weighted by atomic mass is 10.0. The normalized spacial score (nSPS) is 19.4. The van der Waals surface area contributed by atoms with Crippen LogP contribution in [0.2, 0.25) is 0 Å². The lowest BCUT2D eigenvalue weighted by Gasteiger charge is -2.31. The first-order valence-electron chi connectivity index (χ1n) is 9.65. The number of likely N-dealkylation sites (N-methyl/N-ethyl adjacent to an activating group) is 1. The molecule has 2 amide bonds. The SMILES string of the molecule is CN[C@@H](C)C(=O)N[C@H](C(=O)N1CCCC1c1nc2ccccc2[nH]1)C(C)C. The number of carbonyl (C=O) groups is 2. The van der Waals surface area contributed by atoms with Gasteiger partial charge in [0.1, 0.15) is 11.9 Å². The number of carbonyl (C=O) groups excluding carboxylic acids is 2. The molecular weight excluding hydrogens is 342 g/mol. The second-order valence-electron chi connectivity index (χ2n) is 7.57. The minimum Gasteiger partial charge on any atom is -0.343 e. The second kappa shape index (κ2) is 8.08. The number of H-pyrrole nitrogens is 1. The number of aromatic nitrogens is 2. The number of nitrogens with one attached hydrogen (secondary N) is 3. The Balaban J connectivity index is 1.81. The molecule has 1 saturated heterocycles. The van der Waals surface area contributed by atoms with Gasteiger partial charge < -0.3 is 20.5 Å². The maximum atomic E-state index is 13.3. The van der Waals surface area contributed by atoms with Crippen LogP contribution in [0.15, 0.2) is 24.3 Å². The number of hydrogen-bond donors (Lipinski definition) is 3. The summed E-state index contributed by atoms with van der Waals surface area (Å²) in [5.41, 5.74) is 1.88. The van der Waals surface area contributed by atoms with Crippen LogP contribution in [0.3, 0.4) is 0 Å². The van der Waals surface area contributed by atoms with E-state index in [1.54, 1.807) is 14.0 Å². The topological polar surface area (TPSA) is 90.1 Å². The van der Waals surface area contributed by atoms with Gasteiger partial charge in [-0.05, 0) is 44.9 Å². The van der Waals surface area contributed by atoms with Crippen molar-refractivity contribution < 1.29 is 9.59 Å². The third-order valence-electron chi connectivity index (χ3n) is 5.32. The molecule has 3 rings (SSSR count). The van der Waals surface area contributed by atoms with Crippen LogP contribution in [-0.2, 0) is 9.59 Å². The molecule has 1 aliphatic rings. The Morgan fingerprint density at radius 3 is 2.67 bits per heavy atom. The molecule has 3 N–H and O–H groups in total. The fraction of sp³-hybridized carbons (Fsp3) is 0.550. The average Bonchev–Trinajstić information content (AvgIpc) is 3.30. The van der Waals surface area contributed by atoms with Gasteiger partial charge >= 0.3 is 0 Å². The maximum Gasteiger partial charge on any atom is 0.246 e. The molecule has 1 aromatic carbocycles. The Bertz CT molecular complexity index is 783. The van der Waals surface area contributed by atoms with E-state index in [0.717, 1.165) is 29.7 Å². The number of amides is 2. The van der Waals surface area contributed by atoms with Crippen LogP contribution in [0.25, 0.3) is 11.0 Å². The summed E-state index contributed by atoms with van der Waals surface area (Å²) in [6.45, 7) is 6.38. The molecule has 0 saturated carbocycles. The van der Waals surface area contributed by atoms with Gasteiger partial charge in [0.05, 0.1) is 23.1 Å². The molecule has 0 bridgehead atoms. The van der Waals surface area contributed by atoms with Gasteiger partial charge in [-0.3, -0.25) is 9.59 Å². The molecular formula is C20H29N5O2. The van der Waals surface area contributed by atoms with Crippen LogP contribution >= 0.6 is 0 Å². The molecule has 1 fully saturated rings. The zero-order valence-electron chi connectivity index (χ0n) is 16.5. The Labute approximate surface area is 159 Å². The minimum absolute atomic E-state index is 0.00225. The number of hydrogen-bond acceptors (Lipinski definition) is 4. The number of fused-ring (bicyclic) bond motifs is 1. The molecule has 146 valence electrons. The molecule has 1 unspecified atom stereocenters. The van der Waals surface area contributed by atoms with Crippen LogP contribution in [0, 0.1) is 5.92 Å². The molecule has 0 radical (unpaired) electrons. The van der Waals surface area contributed by atoms with Crippen LogP contribution < -0.4 is 10.6 Å². The van der Waals surface area contributed by atoms with Gasteiger partial charge in [0, 0.05) is 6.54 Å². The van der Waals surface area contributed by atoms with Crippen molar-refractivity contribution in [1.29, 1.82) is 0 Å². The highest BCUT2D eigenvalue weighted by atomic mass is 16.2. The summed E-state index contributed by atoms with van der Waals surface area (Å²) >= 11 is 0. The molecule has 0 spiro atoms. The van der Waals surface area contributed by atoms with Gasteiger partial charge in [0.15, 0.2) is 0 Å². The fourth-order valence-electron chi connectivity index (χ4n) is 3.55. The van der Waals surface area contributed by atoms with Crippen molar-refractivity contribution in [2.75, 3.05) is 13.6 Å². The van der Waals surface area contributed by atoms with Crippen molar-refractivity contribution in [1.82, 2.24) is 25.5 Å². The summed E-state index contributed by atoms with van der Waals surface area (Å²) < 4.78 is 0. The van der Waals surface area contributed by atoms with Crippen LogP contribution in [0.1, 0.15) is 45.5 Å². The average molecular weight is 371 g/mol. The molecule has 1 aliphatic heterocycles. The van der Waals surface area contributed by atoms with E-state index in [0.29, 0.717) is 6.54 Å². The smallest absolute Gasteiger partial charge is 0.246 e. The van der Waals surface area contributed by atoms with Crippen LogP contribution in [0.5, 0.6) is 0 Å². The lowest BCUT2D eigenvalue weighted by molar-refractivity contribution is -0.139. The van der Waals surface area contributed by atoms with Gasteiger partial charge in [0.25, 0.3) is 0 Å². The first-order chi connectivity index (χ1) is 12.9. The number of benzene rings is 1. The first-order valence-corrected chi connectivity index (χ1v) is 9.65. The Hall–Kier alpha value is -2.41. The minimum atomic E-state index is -0.543. The van der Waals surface area contributed by atoms with Gasteiger partial charge in [-0.2, -0.15) is 0 Å². The summed E-state index contributed by atoms with van der Waals surface area (Å²) in [6.07, 6.45) is 1.80. The zero-order valence-corrected chi connectivity index (χ0v) is 16.5. The number of imidazole rings is 1. The van der Waals surface area contributed by atoms with E-state index in [2.05, 4.69) is 20.6 Å². The molecule has 1 aromatic heterocycles. The number of nitrogens with zero attached hydrogens (tertiary/aromatic N) is 2. The molecule has 7 nitrogen and oxygen atoms in total. The number of para-hydroxylation sites is 2. The van der Waals surface area contributed by atoms with Gasteiger partial charge in [-0.15, -0.1) is 0 Å². The van der Waals surface area contributed by atoms with Crippen molar-refractivity contribution >= 4 is 22.8 Å². The molecule has 2 heterocycles. The highest BCUT2D eigenvalue weighted by Crippen LogP contribution is 2.32. The van der Waals surface area contributed by atoms with Crippen LogP contribution in [-0.4, -0.2) is 52.4 Å². The highest BCUT2D eigenvalue weighted by Gasteiger charge is 2.37. The zero-order chi connectivity index (χ0) is 19.6. The van der Waals surface area contributed by atoms with Crippen molar-refractivity contribution in [2.45, 2.75) is 51.7 Å². The van der Waals surface area contributed by atoms with Crippen molar-refractivity contribution in [3.8, 4) is 0 Å². The Morgan fingerprint density at radius 1 is 1.26 bits per heavy atom. The van der Waals surface area contributed by atoms with E-state index >= 15 is 0 Å². The van der Waals surface area contributed by atoms with E-state index in [-0.39, 0.29) is 29.8 Å². The first kappa shape index (κ1) is 19.4. The summed E-state index contributed by atoms with van der Waals surface area (Å²) in [6, 6.07) is 6.91. The summed E-state index contributed by atoms with van der Waals surface area (Å²) in [4.78, 5) is 35.5. The van der Waals surface area contributed by atoms with E-state index in [9.17, 15) is 9.59 Å². The number of likely N-dealkylation sites (tertiary alicyclic amines) is 1. The number of aromatic amines is 1.